The van der Waals surface area contributed by atoms with Crippen molar-refractivity contribution >= 4 is 17.7 Å². The Hall–Kier alpha value is -1.65. The van der Waals surface area contributed by atoms with Crippen molar-refractivity contribution in [3.63, 3.8) is 0 Å². The van der Waals surface area contributed by atoms with Gasteiger partial charge in [-0.15, -0.1) is 0 Å². The molecule has 0 spiro atoms. The summed E-state index contributed by atoms with van der Waals surface area (Å²) in [7, 11) is 0. The normalized spacial score (nSPS) is 36.6. The van der Waals surface area contributed by atoms with Crippen LogP contribution in [0.1, 0.15) is 54.4 Å². The minimum Gasteiger partial charge on any atom is -0.323 e. The van der Waals surface area contributed by atoms with E-state index in [0.29, 0.717) is 9.80 Å². The third kappa shape index (κ3) is 2.62. The van der Waals surface area contributed by atoms with E-state index in [9.17, 15) is 14.4 Å². The van der Waals surface area contributed by atoms with Crippen LogP contribution in [0.25, 0.3) is 0 Å². The maximum Gasteiger partial charge on any atom is 0.326 e. The summed E-state index contributed by atoms with van der Waals surface area (Å²) in [5.74, 6) is -3.92. The smallest absolute Gasteiger partial charge is 0.323 e. The molecule has 5 heteroatoms. The molecule has 0 aromatic rings. The Bertz CT molecular complexity index is 797. The number of amides is 3. The summed E-state index contributed by atoms with van der Waals surface area (Å²) >= 11 is 0. The largest absolute Gasteiger partial charge is 0.326 e. The van der Waals surface area contributed by atoms with Crippen molar-refractivity contribution in [3.05, 3.63) is 11.6 Å². The van der Waals surface area contributed by atoms with Crippen LogP contribution in [-0.2, 0) is 9.59 Å². The second-order valence-electron chi connectivity index (χ2n) is 4.69. The van der Waals surface area contributed by atoms with Gasteiger partial charge in [-0.25, -0.2) is 4.79 Å². The highest BCUT2D eigenvalue weighted by Crippen LogP contribution is 2.35. The zero-order valence-electron chi connectivity index (χ0n) is 21.7. The Morgan fingerprint density at radius 3 is 3.05 bits per heavy atom. The third-order valence-corrected chi connectivity index (χ3v) is 3.44. The van der Waals surface area contributed by atoms with Gasteiger partial charge in [0.15, 0.2) is 0 Å². The van der Waals surface area contributed by atoms with Crippen molar-refractivity contribution < 1.29 is 29.5 Å². The van der Waals surface area contributed by atoms with Crippen LogP contribution in [0, 0.1) is 5.92 Å². The summed E-state index contributed by atoms with van der Waals surface area (Å²) < 4.78 is 82.3. The quantitative estimate of drug-likeness (QED) is 0.727. The number of nitrogens with zero attached hydrogens (tertiary/aromatic N) is 2. The molecule has 0 saturated carbocycles. The van der Waals surface area contributed by atoms with E-state index in [1.54, 1.807) is 0 Å². The molecule has 2 unspecified atom stereocenters. The van der Waals surface area contributed by atoms with Gasteiger partial charge >= 0.3 is 6.03 Å². The average molecular weight is 289 g/mol. The summed E-state index contributed by atoms with van der Waals surface area (Å²) in [5.41, 5.74) is -0.262. The molecular formula is C15H22N2O3. The lowest BCUT2D eigenvalue weighted by Crippen LogP contribution is -2.59. The SMILES string of the molecule is [2H]C([2H])([2H])C(=O)C([2H])([2H])CCCN1C(=O)C2C(C([2H])([2H])[2H])=CCC2N(C([2H])([2H])[2H])C1=O. The molecule has 2 rings (SSSR count). The number of ketones is 1. The zero-order valence-corrected chi connectivity index (χ0v) is 10.7. The van der Waals surface area contributed by atoms with E-state index in [2.05, 4.69) is 0 Å². The van der Waals surface area contributed by atoms with Crippen LogP contribution in [0.4, 0.5) is 4.79 Å². The standard InChI is InChI=1S/C15H22N2O3/c1-10-7-8-12-13(10)14(19)17(15(20)16(12)3)9-5-4-6-11(2)18/h7,12-13H,4-6,8-9H2,1-3H3/i1D3,2D3,3D3,6D2. The Morgan fingerprint density at radius 2 is 2.35 bits per heavy atom. The average Bonchev–Trinajstić information content (AvgIpc) is 2.99. The van der Waals surface area contributed by atoms with Crippen LogP contribution < -0.4 is 0 Å². The van der Waals surface area contributed by atoms with Crippen molar-refractivity contribution in [1.29, 1.82) is 0 Å². The van der Waals surface area contributed by atoms with Gasteiger partial charge in [0.05, 0.1) is 12.0 Å². The fourth-order valence-electron chi connectivity index (χ4n) is 2.45. The summed E-state index contributed by atoms with van der Waals surface area (Å²) in [6.45, 7) is -9.31. The van der Waals surface area contributed by atoms with E-state index in [1.165, 1.54) is 6.08 Å². The molecule has 0 aromatic carbocycles. The highest BCUT2D eigenvalue weighted by molar-refractivity contribution is 6.00. The first kappa shape index (κ1) is 6.00. The predicted octanol–water partition coefficient (Wildman–Crippen LogP) is 1.97. The van der Waals surface area contributed by atoms with E-state index in [-0.39, 0.29) is 18.4 Å². The molecule has 110 valence electrons. The number of hydrogen-bond acceptors (Lipinski definition) is 3. The van der Waals surface area contributed by atoms with Gasteiger partial charge in [0, 0.05) is 35.0 Å². The number of Topliss-reactive ketones (excluding diaryl/α,β-unsaturated/α-hetero) is 1. The van der Waals surface area contributed by atoms with Crippen molar-refractivity contribution in [2.24, 2.45) is 5.92 Å². The monoisotopic (exact) mass is 289 g/mol. The number of carbonyl (C=O) groups excluding carboxylic acids is 3. The second kappa shape index (κ2) is 5.77. The van der Waals surface area contributed by atoms with Gasteiger partial charge < -0.3 is 9.69 Å². The predicted molar refractivity (Wildman–Crippen MR) is 75.1 cm³/mol. The minimum absolute atomic E-state index is 0.113. The number of imide groups is 1. The lowest BCUT2D eigenvalue weighted by molar-refractivity contribution is -0.136. The molecule has 0 bridgehead atoms. The summed E-state index contributed by atoms with van der Waals surface area (Å²) in [5, 5.41) is 0. The number of carbonyl (C=O) groups is 3. The highest BCUT2D eigenvalue weighted by atomic mass is 16.2. The Morgan fingerprint density at radius 1 is 1.50 bits per heavy atom. The van der Waals surface area contributed by atoms with Crippen LogP contribution in [0.2, 0.25) is 0 Å². The van der Waals surface area contributed by atoms with Gasteiger partial charge in [-0.3, -0.25) is 9.69 Å². The fourth-order valence-corrected chi connectivity index (χ4v) is 2.45. The molecule has 0 aromatic heterocycles. The van der Waals surface area contributed by atoms with E-state index in [4.69, 9.17) is 15.1 Å². The topological polar surface area (TPSA) is 57.7 Å². The van der Waals surface area contributed by atoms with Gasteiger partial charge in [-0.2, -0.15) is 0 Å². The van der Waals surface area contributed by atoms with Crippen LogP contribution in [0.15, 0.2) is 11.6 Å². The molecule has 1 fully saturated rings. The second-order valence-corrected chi connectivity index (χ2v) is 4.69. The first-order chi connectivity index (χ1) is 13.8. The van der Waals surface area contributed by atoms with E-state index in [1.807, 2.05) is 0 Å². The molecule has 1 aliphatic carbocycles. The molecule has 1 aliphatic heterocycles. The van der Waals surface area contributed by atoms with Crippen molar-refractivity contribution in [2.45, 2.75) is 45.4 Å². The van der Waals surface area contributed by atoms with Crippen LogP contribution in [0.3, 0.4) is 0 Å². The molecule has 1 heterocycles. The van der Waals surface area contributed by atoms with E-state index >= 15 is 0 Å². The maximum atomic E-state index is 12.9. The lowest BCUT2D eigenvalue weighted by atomic mass is 9.93. The molecule has 2 aliphatic rings. The molecule has 0 N–H and O–H groups in total. The van der Waals surface area contributed by atoms with Crippen LogP contribution in [0.5, 0.6) is 0 Å². The third-order valence-electron chi connectivity index (χ3n) is 3.44. The molecular weight excluding hydrogens is 256 g/mol. The van der Waals surface area contributed by atoms with Crippen molar-refractivity contribution in [1.82, 2.24) is 9.80 Å². The van der Waals surface area contributed by atoms with Gasteiger partial charge in [0.2, 0.25) is 5.91 Å². The van der Waals surface area contributed by atoms with Crippen LogP contribution >= 0.6 is 0 Å². The number of fused-ring (bicyclic) bond motifs is 1. The molecule has 5 nitrogen and oxygen atoms in total. The molecule has 20 heavy (non-hydrogen) atoms. The number of hydrogen-bond donors (Lipinski definition) is 0. The summed E-state index contributed by atoms with van der Waals surface area (Å²) in [4.78, 5) is 38.5. The lowest BCUT2D eigenvalue weighted by Gasteiger charge is -2.40. The first-order valence-corrected chi connectivity index (χ1v) is 6.20. The summed E-state index contributed by atoms with van der Waals surface area (Å²) in [6, 6.07) is -2.35. The zero-order chi connectivity index (χ0) is 24.2. The Kier molecular flexibility index (Phi) is 1.73. The fraction of sp³-hybridized carbons (Fsp3) is 0.667. The van der Waals surface area contributed by atoms with Crippen molar-refractivity contribution in [2.75, 3.05) is 13.5 Å². The minimum atomic E-state index is -3.17. The number of urea groups is 1. The van der Waals surface area contributed by atoms with Crippen molar-refractivity contribution in [3.8, 4) is 0 Å². The molecule has 0 radical (unpaired) electrons. The Balaban J connectivity index is 2.27. The van der Waals surface area contributed by atoms with E-state index in [0.717, 1.165) is 0 Å². The van der Waals surface area contributed by atoms with Gasteiger partial charge in [-0.05, 0) is 33.0 Å². The van der Waals surface area contributed by atoms with Gasteiger partial charge in [0.1, 0.15) is 5.78 Å². The number of rotatable bonds is 5. The molecule has 3 amide bonds. The van der Waals surface area contributed by atoms with E-state index < -0.39 is 69.7 Å². The van der Waals surface area contributed by atoms with Crippen LogP contribution in [-0.4, -0.2) is 47.1 Å². The Labute approximate surface area is 135 Å². The maximum absolute atomic E-state index is 12.9. The van der Waals surface area contributed by atoms with Gasteiger partial charge in [-0.1, -0.05) is 11.6 Å². The summed E-state index contributed by atoms with van der Waals surface area (Å²) in [6.07, 6.45) is -2.59. The van der Waals surface area contributed by atoms with Gasteiger partial charge in [0.25, 0.3) is 0 Å². The first-order valence-electron chi connectivity index (χ1n) is 11.7. The molecule has 2 atom stereocenters. The highest BCUT2D eigenvalue weighted by Gasteiger charge is 2.46. The molecule has 1 saturated heterocycles.